The van der Waals surface area contributed by atoms with Crippen molar-refractivity contribution in [1.29, 1.82) is 0 Å². The highest BCUT2D eigenvalue weighted by molar-refractivity contribution is 6.43. The molecule has 1 aliphatic rings. The SMILES string of the molecule is FC(F)(F)c1cnn(-c2cc(Cl)c(Cl)cc2Cl)c1OCC1CC1. The Morgan fingerprint density at radius 2 is 1.78 bits per heavy atom. The van der Waals surface area contributed by atoms with E-state index in [1.807, 2.05) is 0 Å². The van der Waals surface area contributed by atoms with Crippen molar-refractivity contribution in [1.82, 2.24) is 9.78 Å². The number of nitrogens with zero attached hydrogens (tertiary/aromatic N) is 2. The van der Waals surface area contributed by atoms with Crippen LogP contribution in [0.2, 0.25) is 15.1 Å². The summed E-state index contributed by atoms with van der Waals surface area (Å²) in [5, 5.41) is 4.24. The molecule has 0 spiro atoms. The van der Waals surface area contributed by atoms with E-state index in [0.717, 1.165) is 17.5 Å². The molecule has 0 aliphatic heterocycles. The number of halogens is 6. The molecule has 0 saturated heterocycles. The van der Waals surface area contributed by atoms with E-state index in [4.69, 9.17) is 39.5 Å². The van der Waals surface area contributed by atoms with Gasteiger partial charge in [0.2, 0.25) is 5.88 Å². The molecule has 1 saturated carbocycles. The summed E-state index contributed by atoms with van der Waals surface area (Å²) < 4.78 is 45.8. The molecule has 3 nitrogen and oxygen atoms in total. The Bertz CT molecular complexity index is 742. The topological polar surface area (TPSA) is 27.1 Å². The molecule has 2 aromatic rings. The first kappa shape index (κ1) is 16.7. The highest BCUT2D eigenvalue weighted by Gasteiger charge is 2.38. The Morgan fingerprint density at radius 3 is 2.39 bits per heavy atom. The summed E-state index contributed by atoms with van der Waals surface area (Å²) in [5.41, 5.74) is -0.789. The molecule has 0 unspecified atom stereocenters. The molecule has 1 heterocycles. The quantitative estimate of drug-likeness (QED) is 0.637. The molecule has 0 radical (unpaired) electrons. The van der Waals surface area contributed by atoms with Gasteiger partial charge in [-0.25, -0.2) is 0 Å². The van der Waals surface area contributed by atoms with E-state index in [9.17, 15) is 13.2 Å². The monoisotopic (exact) mass is 384 g/mol. The van der Waals surface area contributed by atoms with Gasteiger partial charge in [0.15, 0.2) is 0 Å². The van der Waals surface area contributed by atoms with Crippen LogP contribution in [0.25, 0.3) is 5.69 Å². The number of hydrogen-bond acceptors (Lipinski definition) is 2. The van der Waals surface area contributed by atoms with Crippen LogP contribution in [0, 0.1) is 5.92 Å². The maximum atomic E-state index is 13.1. The molecule has 0 bridgehead atoms. The van der Waals surface area contributed by atoms with Crippen molar-refractivity contribution in [2.45, 2.75) is 19.0 Å². The number of rotatable bonds is 4. The predicted octanol–water partition coefficient (Wildman–Crippen LogP) is 5.64. The Kier molecular flexibility index (Phi) is 4.42. The minimum Gasteiger partial charge on any atom is -0.477 e. The standard InChI is InChI=1S/C14H10Cl3F3N2O/c15-9-3-11(17)12(4-10(9)16)22-13(23-6-7-1-2-7)8(5-21-22)14(18,19)20/h3-5,7H,1-2,6H2. The summed E-state index contributed by atoms with van der Waals surface area (Å²) in [4.78, 5) is 0. The number of alkyl halides is 3. The van der Waals surface area contributed by atoms with Gasteiger partial charge in [-0.1, -0.05) is 34.8 Å². The van der Waals surface area contributed by atoms with Crippen LogP contribution in [0.5, 0.6) is 5.88 Å². The smallest absolute Gasteiger partial charge is 0.423 e. The molecule has 0 atom stereocenters. The first-order valence-corrected chi connectivity index (χ1v) is 7.83. The van der Waals surface area contributed by atoms with E-state index in [2.05, 4.69) is 5.10 Å². The molecule has 23 heavy (non-hydrogen) atoms. The van der Waals surface area contributed by atoms with Crippen LogP contribution in [-0.2, 0) is 6.18 Å². The molecule has 9 heteroatoms. The molecule has 124 valence electrons. The maximum absolute atomic E-state index is 13.1. The number of hydrogen-bond donors (Lipinski definition) is 0. The summed E-state index contributed by atoms with van der Waals surface area (Å²) >= 11 is 17.8. The summed E-state index contributed by atoms with van der Waals surface area (Å²) in [6.07, 6.45) is -1.98. The van der Waals surface area contributed by atoms with Gasteiger partial charge in [-0.15, -0.1) is 0 Å². The van der Waals surface area contributed by atoms with Gasteiger partial charge in [0.1, 0.15) is 5.56 Å². The molecule has 0 amide bonds. The van der Waals surface area contributed by atoms with Crippen LogP contribution in [-0.4, -0.2) is 16.4 Å². The second-order valence-corrected chi connectivity index (χ2v) is 6.47. The zero-order valence-electron chi connectivity index (χ0n) is 11.5. The fourth-order valence-electron chi connectivity index (χ4n) is 2.00. The molecular weight excluding hydrogens is 376 g/mol. The average molecular weight is 386 g/mol. The zero-order valence-corrected chi connectivity index (χ0v) is 13.8. The molecule has 1 aliphatic carbocycles. The first-order chi connectivity index (χ1) is 10.8. The molecule has 1 aromatic carbocycles. The predicted molar refractivity (Wildman–Crippen MR) is 81.8 cm³/mol. The zero-order chi connectivity index (χ0) is 16.8. The lowest BCUT2D eigenvalue weighted by atomic mass is 10.3. The van der Waals surface area contributed by atoms with E-state index >= 15 is 0 Å². The van der Waals surface area contributed by atoms with E-state index < -0.39 is 17.6 Å². The van der Waals surface area contributed by atoms with Gasteiger partial charge in [0.05, 0.1) is 33.6 Å². The lowest BCUT2D eigenvalue weighted by molar-refractivity contribution is -0.139. The summed E-state index contributed by atoms with van der Waals surface area (Å²) in [6.45, 7) is 0.202. The third-order valence-electron chi connectivity index (χ3n) is 3.40. The highest BCUT2D eigenvalue weighted by atomic mass is 35.5. The van der Waals surface area contributed by atoms with Crippen molar-refractivity contribution in [3.63, 3.8) is 0 Å². The van der Waals surface area contributed by atoms with Gasteiger partial charge in [-0.2, -0.15) is 23.0 Å². The van der Waals surface area contributed by atoms with Gasteiger partial charge in [0, 0.05) is 0 Å². The molecular formula is C14H10Cl3F3N2O. The Labute approximate surface area is 144 Å². The van der Waals surface area contributed by atoms with Gasteiger partial charge in [-0.05, 0) is 30.9 Å². The minimum absolute atomic E-state index is 0.118. The lowest BCUT2D eigenvalue weighted by Gasteiger charge is -2.14. The second-order valence-electron chi connectivity index (χ2n) is 5.25. The van der Waals surface area contributed by atoms with Gasteiger partial charge in [0.25, 0.3) is 0 Å². The fraction of sp³-hybridized carbons (Fsp3) is 0.357. The van der Waals surface area contributed by atoms with Crippen LogP contribution >= 0.6 is 34.8 Å². The van der Waals surface area contributed by atoms with Crippen LogP contribution < -0.4 is 4.74 Å². The van der Waals surface area contributed by atoms with Gasteiger partial charge in [-0.3, -0.25) is 0 Å². The van der Waals surface area contributed by atoms with Gasteiger partial charge < -0.3 is 4.74 Å². The largest absolute Gasteiger partial charge is 0.477 e. The third kappa shape index (κ3) is 3.54. The molecule has 0 N–H and O–H groups in total. The van der Waals surface area contributed by atoms with E-state index in [1.165, 1.54) is 12.1 Å². The van der Waals surface area contributed by atoms with E-state index in [-0.39, 0.29) is 33.3 Å². The summed E-state index contributed by atoms with van der Waals surface area (Å²) in [6, 6.07) is 2.70. The average Bonchev–Trinajstić information content (AvgIpc) is 3.18. The molecule has 3 rings (SSSR count). The van der Waals surface area contributed by atoms with E-state index in [1.54, 1.807) is 0 Å². The summed E-state index contributed by atoms with van der Waals surface area (Å²) in [7, 11) is 0. The Morgan fingerprint density at radius 1 is 1.13 bits per heavy atom. The van der Waals surface area contributed by atoms with E-state index in [0.29, 0.717) is 6.20 Å². The first-order valence-electron chi connectivity index (χ1n) is 6.70. The van der Waals surface area contributed by atoms with Crippen LogP contribution in [0.1, 0.15) is 18.4 Å². The third-order valence-corrected chi connectivity index (χ3v) is 4.43. The number of aromatic nitrogens is 2. The van der Waals surface area contributed by atoms with Crippen LogP contribution in [0.15, 0.2) is 18.3 Å². The highest BCUT2D eigenvalue weighted by Crippen LogP contribution is 2.40. The Hall–Kier alpha value is -1.11. The lowest BCUT2D eigenvalue weighted by Crippen LogP contribution is -2.11. The van der Waals surface area contributed by atoms with Crippen molar-refractivity contribution < 1.29 is 17.9 Å². The fourth-order valence-corrected chi connectivity index (χ4v) is 2.62. The van der Waals surface area contributed by atoms with Crippen molar-refractivity contribution >= 4 is 34.8 Å². The Balaban J connectivity index is 2.07. The molecule has 1 aromatic heterocycles. The maximum Gasteiger partial charge on any atom is 0.423 e. The van der Waals surface area contributed by atoms with Crippen molar-refractivity contribution in [3.05, 3.63) is 39.0 Å². The van der Waals surface area contributed by atoms with Gasteiger partial charge >= 0.3 is 6.18 Å². The van der Waals surface area contributed by atoms with Crippen LogP contribution in [0.4, 0.5) is 13.2 Å². The van der Waals surface area contributed by atoms with Crippen molar-refractivity contribution in [3.8, 4) is 11.6 Å². The number of benzene rings is 1. The van der Waals surface area contributed by atoms with Crippen LogP contribution in [0.3, 0.4) is 0 Å². The molecule has 1 fully saturated rings. The second kappa shape index (κ2) is 6.07. The van der Waals surface area contributed by atoms with Crippen molar-refractivity contribution in [2.75, 3.05) is 6.61 Å². The number of ether oxygens (including phenoxy) is 1. The normalized spacial score (nSPS) is 15.0. The van der Waals surface area contributed by atoms with Crippen molar-refractivity contribution in [2.24, 2.45) is 5.92 Å². The minimum atomic E-state index is -4.58. The summed E-state index contributed by atoms with van der Waals surface area (Å²) in [5.74, 6) is -0.117.